The second-order valence-corrected chi connectivity index (χ2v) is 6.90. The summed E-state index contributed by atoms with van der Waals surface area (Å²) in [6.07, 6.45) is 2.88. The van der Waals surface area contributed by atoms with Crippen molar-refractivity contribution >= 4 is 27.0 Å². The topological polar surface area (TPSA) is 104 Å². The highest BCUT2D eigenvalue weighted by Gasteiger charge is 2.23. The molecule has 120 valence electrons. The van der Waals surface area contributed by atoms with Gasteiger partial charge < -0.3 is 10.2 Å². The van der Waals surface area contributed by atoms with Crippen LogP contribution in [-0.2, 0) is 10.0 Å². The van der Waals surface area contributed by atoms with Crippen molar-refractivity contribution in [2.24, 2.45) is 0 Å². The summed E-state index contributed by atoms with van der Waals surface area (Å²) >= 11 is 0. The molecule has 24 heavy (non-hydrogen) atoms. The Bertz CT molecular complexity index is 1110. The summed E-state index contributed by atoms with van der Waals surface area (Å²) in [7, 11) is -3.86. The molecule has 0 radical (unpaired) electrons. The Morgan fingerprint density at radius 2 is 1.79 bits per heavy atom. The average Bonchev–Trinajstić information content (AvgIpc) is 3.21. The van der Waals surface area contributed by atoms with E-state index < -0.39 is 10.0 Å². The number of hydrogen-bond donors (Lipinski definition) is 1. The van der Waals surface area contributed by atoms with Crippen LogP contribution in [0, 0.1) is 0 Å². The molecular formula is C16H12N4O3S. The fourth-order valence-corrected chi connectivity index (χ4v) is 3.92. The first-order valence-corrected chi connectivity index (χ1v) is 8.49. The monoisotopic (exact) mass is 340 g/mol. The van der Waals surface area contributed by atoms with Gasteiger partial charge in [-0.3, -0.25) is 0 Å². The molecule has 4 rings (SSSR count). The Morgan fingerprint density at radius 3 is 2.50 bits per heavy atom. The molecule has 7 nitrogen and oxygen atoms in total. The van der Waals surface area contributed by atoms with Crippen LogP contribution in [0.1, 0.15) is 0 Å². The molecule has 0 atom stereocenters. The Morgan fingerprint density at radius 1 is 1.04 bits per heavy atom. The van der Waals surface area contributed by atoms with E-state index in [1.54, 1.807) is 42.6 Å². The van der Waals surface area contributed by atoms with Crippen molar-refractivity contribution < 1.29 is 12.8 Å². The number of para-hydroxylation sites is 2. The third kappa shape index (κ3) is 2.16. The quantitative estimate of drug-likeness (QED) is 0.614. The minimum absolute atomic E-state index is 0.0736. The number of rotatable bonds is 3. The number of hydrogen-bond acceptors (Lipinski definition) is 6. The Kier molecular flexibility index (Phi) is 3.14. The first kappa shape index (κ1) is 14.5. The zero-order valence-corrected chi connectivity index (χ0v) is 13.1. The smallest absolute Gasteiger partial charge is 0.271 e. The summed E-state index contributed by atoms with van der Waals surface area (Å²) in [5, 5.41) is 0. The van der Waals surface area contributed by atoms with Crippen LogP contribution < -0.4 is 5.73 Å². The second-order valence-electron chi connectivity index (χ2n) is 5.12. The molecule has 0 fully saturated rings. The van der Waals surface area contributed by atoms with Crippen LogP contribution in [-0.4, -0.2) is 22.4 Å². The standard InChI is InChI=1S/C16H12N4O3S/c17-16-19-13-3-1-2-4-14(13)20(16)24(21,22)12-7-5-11(6-8-12)15-9-18-10-23-15/h1-10H,(H2,17,19). The van der Waals surface area contributed by atoms with Crippen molar-refractivity contribution in [3.05, 3.63) is 61.1 Å². The van der Waals surface area contributed by atoms with Crippen molar-refractivity contribution in [2.75, 3.05) is 5.73 Å². The molecule has 0 aliphatic carbocycles. The van der Waals surface area contributed by atoms with Gasteiger partial charge in [-0.15, -0.1) is 0 Å². The van der Waals surface area contributed by atoms with E-state index >= 15 is 0 Å². The van der Waals surface area contributed by atoms with E-state index in [9.17, 15) is 8.42 Å². The van der Waals surface area contributed by atoms with Crippen molar-refractivity contribution in [3.8, 4) is 11.3 Å². The van der Waals surface area contributed by atoms with E-state index in [-0.39, 0.29) is 10.8 Å². The van der Waals surface area contributed by atoms with E-state index in [0.29, 0.717) is 16.8 Å². The van der Waals surface area contributed by atoms with Crippen molar-refractivity contribution in [2.45, 2.75) is 4.90 Å². The number of oxazole rings is 1. The molecule has 2 aromatic carbocycles. The zero-order chi connectivity index (χ0) is 16.7. The Hall–Kier alpha value is -3.13. The maximum atomic E-state index is 12.9. The highest BCUT2D eigenvalue weighted by atomic mass is 32.2. The molecule has 0 saturated heterocycles. The fraction of sp³-hybridized carbons (Fsp3) is 0. The average molecular weight is 340 g/mol. The molecule has 0 aliphatic rings. The van der Waals surface area contributed by atoms with Gasteiger partial charge in [-0.05, 0) is 36.4 Å². The number of imidazole rings is 1. The lowest BCUT2D eigenvalue weighted by Gasteiger charge is -2.08. The Labute approximate surface area is 137 Å². The Balaban J connectivity index is 1.84. The molecule has 0 bridgehead atoms. The van der Waals surface area contributed by atoms with Crippen molar-refractivity contribution in [1.82, 2.24) is 13.9 Å². The van der Waals surface area contributed by atoms with Crippen LogP contribution in [0.3, 0.4) is 0 Å². The molecule has 2 aromatic heterocycles. The van der Waals surface area contributed by atoms with Gasteiger partial charge in [0.25, 0.3) is 10.0 Å². The summed E-state index contributed by atoms with van der Waals surface area (Å²) in [6.45, 7) is 0. The van der Waals surface area contributed by atoms with Crippen LogP contribution in [0.25, 0.3) is 22.4 Å². The van der Waals surface area contributed by atoms with Gasteiger partial charge in [0.05, 0.1) is 22.1 Å². The van der Waals surface area contributed by atoms with Gasteiger partial charge in [0.15, 0.2) is 12.2 Å². The third-order valence-corrected chi connectivity index (χ3v) is 5.39. The molecule has 0 spiro atoms. The number of nitrogens with two attached hydrogens (primary N) is 1. The van der Waals surface area contributed by atoms with Gasteiger partial charge in [0.1, 0.15) is 0 Å². The molecule has 0 amide bonds. The predicted octanol–water partition coefficient (Wildman–Crippen LogP) is 2.51. The molecule has 0 unspecified atom stereocenters. The molecule has 0 aliphatic heterocycles. The van der Waals surface area contributed by atoms with Gasteiger partial charge in [-0.25, -0.2) is 22.4 Å². The van der Waals surface area contributed by atoms with E-state index in [1.807, 2.05) is 0 Å². The molecular weight excluding hydrogens is 328 g/mol. The van der Waals surface area contributed by atoms with E-state index in [1.165, 1.54) is 18.5 Å². The fourth-order valence-electron chi connectivity index (χ4n) is 2.53. The lowest BCUT2D eigenvalue weighted by molar-refractivity contribution is 0.571. The summed E-state index contributed by atoms with van der Waals surface area (Å²) in [4.78, 5) is 8.06. The first-order chi connectivity index (χ1) is 11.6. The number of anilines is 1. The largest absolute Gasteiger partial charge is 0.444 e. The lowest BCUT2D eigenvalue weighted by Crippen LogP contribution is -2.15. The van der Waals surface area contributed by atoms with Crippen molar-refractivity contribution in [1.29, 1.82) is 0 Å². The molecule has 8 heteroatoms. The maximum absolute atomic E-state index is 12.9. The highest BCUT2D eigenvalue weighted by molar-refractivity contribution is 7.90. The normalized spacial score (nSPS) is 11.8. The summed E-state index contributed by atoms with van der Waals surface area (Å²) < 4.78 is 32.1. The molecule has 0 saturated carbocycles. The number of nitrogens with zero attached hydrogens (tertiary/aromatic N) is 3. The SMILES string of the molecule is Nc1nc2ccccc2n1S(=O)(=O)c1ccc(-c2cnco2)cc1. The number of benzene rings is 2. The first-order valence-electron chi connectivity index (χ1n) is 7.05. The van der Waals surface area contributed by atoms with Crippen LogP contribution in [0.5, 0.6) is 0 Å². The van der Waals surface area contributed by atoms with E-state index in [0.717, 1.165) is 9.54 Å². The lowest BCUT2D eigenvalue weighted by atomic mass is 10.2. The van der Waals surface area contributed by atoms with Gasteiger partial charge in [0.2, 0.25) is 5.95 Å². The third-order valence-electron chi connectivity index (χ3n) is 3.65. The van der Waals surface area contributed by atoms with Crippen LogP contribution in [0.2, 0.25) is 0 Å². The molecule has 4 aromatic rings. The van der Waals surface area contributed by atoms with Gasteiger partial charge >= 0.3 is 0 Å². The number of aromatic nitrogens is 3. The highest BCUT2D eigenvalue weighted by Crippen LogP contribution is 2.26. The predicted molar refractivity (Wildman–Crippen MR) is 88.7 cm³/mol. The number of fused-ring (bicyclic) bond motifs is 1. The van der Waals surface area contributed by atoms with Gasteiger partial charge in [0, 0.05) is 5.56 Å². The maximum Gasteiger partial charge on any atom is 0.271 e. The van der Waals surface area contributed by atoms with Crippen LogP contribution in [0.4, 0.5) is 5.95 Å². The van der Waals surface area contributed by atoms with Crippen LogP contribution >= 0.6 is 0 Å². The van der Waals surface area contributed by atoms with E-state index in [2.05, 4.69) is 9.97 Å². The van der Waals surface area contributed by atoms with Crippen molar-refractivity contribution in [3.63, 3.8) is 0 Å². The van der Waals surface area contributed by atoms with Gasteiger partial charge in [-0.2, -0.15) is 0 Å². The molecule has 2 N–H and O–H groups in total. The van der Waals surface area contributed by atoms with Crippen LogP contribution in [0.15, 0.2) is 70.4 Å². The zero-order valence-electron chi connectivity index (χ0n) is 12.3. The minimum Gasteiger partial charge on any atom is -0.444 e. The van der Waals surface area contributed by atoms with E-state index in [4.69, 9.17) is 10.2 Å². The summed E-state index contributed by atoms with van der Waals surface area (Å²) in [6, 6.07) is 13.2. The minimum atomic E-state index is -3.86. The second kappa shape index (κ2) is 5.20. The summed E-state index contributed by atoms with van der Waals surface area (Å²) in [5.74, 6) is 0.488. The number of nitrogen functional groups attached to an aromatic ring is 1. The summed E-state index contributed by atoms with van der Waals surface area (Å²) in [5.41, 5.74) is 7.53. The van der Waals surface area contributed by atoms with Gasteiger partial charge in [-0.1, -0.05) is 12.1 Å². The molecule has 2 heterocycles.